The molecule has 0 radical (unpaired) electrons. The molecule has 2 aromatic carbocycles. The Morgan fingerprint density at radius 1 is 1.00 bits per heavy atom. The van der Waals surface area contributed by atoms with E-state index in [0.29, 0.717) is 12.8 Å². The van der Waals surface area contributed by atoms with E-state index in [1.807, 2.05) is 0 Å². The lowest BCUT2D eigenvalue weighted by Crippen LogP contribution is -2.49. The van der Waals surface area contributed by atoms with E-state index >= 15 is 0 Å². The predicted octanol–water partition coefficient (Wildman–Crippen LogP) is 3.20. The normalized spacial score (nSPS) is 17.5. The second-order valence-electron chi connectivity index (χ2n) is 6.03. The van der Waals surface area contributed by atoms with Gasteiger partial charge in [-0.2, -0.15) is 0 Å². The first-order valence-electron chi connectivity index (χ1n) is 8.43. The minimum Gasteiger partial charge on any atom is -0.477 e. The zero-order chi connectivity index (χ0) is 20.1. The second kappa shape index (κ2) is 8.29. The SMILES string of the molecule is O=C(O)C1=CCC2CC(=O)N12.O=P(O)(Oc1ccccc1)Oc1ccccc1. The number of para-hydroxylation sites is 2. The van der Waals surface area contributed by atoms with E-state index in [4.69, 9.17) is 14.2 Å². The zero-order valence-corrected chi connectivity index (χ0v) is 15.6. The molecule has 0 saturated carbocycles. The molecule has 1 atom stereocenters. The molecular formula is C19H18NO7P. The third kappa shape index (κ3) is 4.79. The van der Waals surface area contributed by atoms with Gasteiger partial charge in [-0.15, -0.1) is 0 Å². The maximum Gasteiger partial charge on any atom is 0.584 e. The fourth-order valence-corrected chi connectivity index (χ4v) is 3.60. The second-order valence-corrected chi connectivity index (χ2v) is 7.33. The van der Waals surface area contributed by atoms with Crippen LogP contribution in [0.3, 0.4) is 0 Å². The Kier molecular flexibility index (Phi) is 5.82. The molecule has 28 heavy (non-hydrogen) atoms. The third-order valence-corrected chi connectivity index (χ3v) is 4.92. The molecule has 1 amide bonds. The van der Waals surface area contributed by atoms with Gasteiger partial charge in [-0.25, -0.2) is 9.36 Å². The summed E-state index contributed by atoms with van der Waals surface area (Å²) in [6.45, 7) is 0. The van der Waals surface area contributed by atoms with E-state index in [9.17, 15) is 19.0 Å². The van der Waals surface area contributed by atoms with Gasteiger partial charge >= 0.3 is 13.8 Å². The number of amides is 1. The van der Waals surface area contributed by atoms with Gasteiger partial charge in [0.05, 0.1) is 0 Å². The van der Waals surface area contributed by atoms with Crippen LogP contribution >= 0.6 is 7.82 Å². The molecule has 0 spiro atoms. The summed E-state index contributed by atoms with van der Waals surface area (Å²) in [5, 5.41) is 8.59. The van der Waals surface area contributed by atoms with E-state index in [1.165, 1.54) is 4.90 Å². The molecule has 2 aliphatic rings. The fourth-order valence-electron chi connectivity index (χ4n) is 2.79. The summed E-state index contributed by atoms with van der Waals surface area (Å²) in [6.07, 6.45) is 2.82. The van der Waals surface area contributed by atoms with Crippen LogP contribution in [0.1, 0.15) is 12.8 Å². The molecule has 2 heterocycles. The minimum absolute atomic E-state index is 0.0684. The van der Waals surface area contributed by atoms with Crippen LogP contribution in [0.2, 0.25) is 0 Å². The highest BCUT2D eigenvalue weighted by Gasteiger charge is 2.43. The van der Waals surface area contributed by atoms with Crippen molar-refractivity contribution >= 4 is 19.7 Å². The number of carboxylic acids is 1. The van der Waals surface area contributed by atoms with Gasteiger partial charge < -0.3 is 19.1 Å². The molecule has 8 nitrogen and oxygen atoms in total. The lowest BCUT2D eigenvalue weighted by atomic mass is 10.0. The van der Waals surface area contributed by atoms with E-state index in [0.717, 1.165) is 0 Å². The van der Waals surface area contributed by atoms with Crippen molar-refractivity contribution in [3.8, 4) is 11.5 Å². The fraction of sp³-hybridized carbons (Fsp3) is 0.158. The largest absolute Gasteiger partial charge is 0.584 e. The number of aliphatic carboxylic acids is 1. The number of carbonyl (C=O) groups is 2. The number of nitrogens with zero attached hydrogens (tertiary/aromatic N) is 1. The molecule has 9 heteroatoms. The molecule has 1 unspecified atom stereocenters. The van der Waals surface area contributed by atoms with Crippen molar-refractivity contribution < 1.29 is 33.2 Å². The Hall–Kier alpha value is -3.09. The zero-order valence-electron chi connectivity index (χ0n) is 14.7. The van der Waals surface area contributed by atoms with Crippen LogP contribution in [0.4, 0.5) is 0 Å². The number of phosphoric acid groups is 1. The Morgan fingerprint density at radius 3 is 1.89 bits per heavy atom. The van der Waals surface area contributed by atoms with Crippen LogP contribution < -0.4 is 9.05 Å². The van der Waals surface area contributed by atoms with Crippen molar-refractivity contribution in [3.63, 3.8) is 0 Å². The highest BCUT2D eigenvalue weighted by molar-refractivity contribution is 7.48. The summed E-state index contributed by atoms with van der Waals surface area (Å²) in [7, 11) is -4.14. The van der Waals surface area contributed by atoms with Crippen molar-refractivity contribution in [3.05, 3.63) is 72.4 Å². The van der Waals surface area contributed by atoms with Gasteiger partial charge in [0, 0.05) is 12.5 Å². The molecular weight excluding hydrogens is 385 g/mol. The molecule has 2 N–H and O–H groups in total. The number of hydrogen-bond donors (Lipinski definition) is 2. The predicted molar refractivity (Wildman–Crippen MR) is 99.6 cm³/mol. The first-order valence-corrected chi connectivity index (χ1v) is 9.93. The van der Waals surface area contributed by atoms with Crippen molar-refractivity contribution in [2.75, 3.05) is 0 Å². The smallest absolute Gasteiger partial charge is 0.477 e. The summed E-state index contributed by atoms with van der Waals surface area (Å²) in [4.78, 5) is 32.2. The Labute approximate surface area is 161 Å². The summed E-state index contributed by atoms with van der Waals surface area (Å²) in [5.74, 6) is -0.495. The Balaban J connectivity index is 0.000000176. The average Bonchev–Trinajstić information content (AvgIpc) is 3.00. The van der Waals surface area contributed by atoms with Crippen LogP contribution in [-0.4, -0.2) is 32.8 Å². The van der Waals surface area contributed by atoms with Crippen molar-refractivity contribution in [1.82, 2.24) is 4.90 Å². The molecule has 1 saturated heterocycles. The molecule has 1 fully saturated rings. The van der Waals surface area contributed by atoms with Crippen LogP contribution in [0.5, 0.6) is 11.5 Å². The average molecular weight is 403 g/mol. The summed E-state index contributed by atoms with van der Waals surface area (Å²) in [5.41, 5.74) is 0.159. The summed E-state index contributed by atoms with van der Waals surface area (Å²) >= 11 is 0. The number of β-lactam (4-membered cyclic amide) rings is 1. The van der Waals surface area contributed by atoms with E-state index in [2.05, 4.69) is 0 Å². The summed E-state index contributed by atoms with van der Waals surface area (Å²) in [6, 6.07) is 16.9. The number of benzene rings is 2. The van der Waals surface area contributed by atoms with Gasteiger partial charge in [-0.3, -0.25) is 9.69 Å². The lowest BCUT2D eigenvalue weighted by Gasteiger charge is -2.35. The highest BCUT2D eigenvalue weighted by atomic mass is 31.2. The van der Waals surface area contributed by atoms with E-state index < -0.39 is 13.8 Å². The highest BCUT2D eigenvalue weighted by Crippen LogP contribution is 2.44. The maximum absolute atomic E-state index is 11.7. The van der Waals surface area contributed by atoms with Crippen LogP contribution in [0, 0.1) is 0 Å². The van der Waals surface area contributed by atoms with Crippen molar-refractivity contribution in [1.29, 1.82) is 0 Å². The Bertz CT molecular complexity index is 884. The Morgan fingerprint density at radius 2 is 1.50 bits per heavy atom. The molecule has 0 bridgehead atoms. The molecule has 0 aliphatic carbocycles. The summed E-state index contributed by atoms with van der Waals surface area (Å²) < 4.78 is 21.5. The van der Waals surface area contributed by atoms with Gasteiger partial charge in [0.25, 0.3) is 0 Å². The molecule has 2 aromatic rings. The molecule has 2 aliphatic heterocycles. The van der Waals surface area contributed by atoms with Crippen molar-refractivity contribution in [2.45, 2.75) is 18.9 Å². The van der Waals surface area contributed by atoms with E-state index in [1.54, 1.807) is 66.7 Å². The van der Waals surface area contributed by atoms with Gasteiger partial charge in [0.2, 0.25) is 5.91 Å². The lowest BCUT2D eigenvalue weighted by molar-refractivity contribution is -0.147. The third-order valence-electron chi connectivity index (χ3n) is 4.03. The van der Waals surface area contributed by atoms with Gasteiger partial charge in [0.1, 0.15) is 17.2 Å². The van der Waals surface area contributed by atoms with Gasteiger partial charge in [-0.05, 0) is 30.7 Å². The topological polar surface area (TPSA) is 113 Å². The van der Waals surface area contributed by atoms with Crippen LogP contribution in [-0.2, 0) is 14.2 Å². The number of rotatable bonds is 5. The number of fused-ring (bicyclic) bond motifs is 1. The van der Waals surface area contributed by atoms with Crippen LogP contribution in [0.15, 0.2) is 72.4 Å². The number of phosphoric ester groups is 1. The first-order chi connectivity index (χ1) is 13.4. The van der Waals surface area contributed by atoms with Gasteiger partial charge in [-0.1, -0.05) is 42.5 Å². The quantitative estimate of drug-likeness (QED) is 0.582. The maximum atomic E-state index is 11.7. The van der Waals surface area contributed by atoms with E-state index in [-0.39, 0.29) is 29.1 Å². The van der Waals surface area contributed by atoms with Gasteiger partial charge in [0.15, 0.2) is 0 Å². The number of carboxylic acid groups (broad SMARTS) is 1. The van der Waals surface area contributed by atoms with Crippen LogP contribution in [0.25, 0.3) is 0 Å². The molecule has 0 aromatic heterocycles. The first kappa shape index (κ1) is 19.7. The number of carbonyl (C=O) groups excluding carboxylic acids is 1. The minimum atomic E-state index is -4.14. The monoisotopic (exact) mass is 403 g/mol. The standard InChI is InChI=1S/C12H11O4P.C7H7NO3/c13-17(14,15-11-7-3-1-4-8-11)16-12-9-5-2-6-10-12;9-6-3-4-1-2-5(7(10)11)8(4)6/h1-10H,(H,13,14);2,4H,1,3H2,(H,10,11). The number of hydrogen-bond acceptors (Lipinski definition) is 5. The molecule has 146 valence electrons. The van der Waals surface area contributed by atoms with Crippen molar-refractivity contribution in [2.24, 2.45) is 0 Å². The molecule has 4 rings (SSSR count).